The molecule has 0 aliphatic heterocycles. The molecule has 0 aliphatic rings. The molecule has 0 spiro atoms. The minimum Gasteiger partial charge on any atom is -0.466 e. The number of rotatable bonds is 6. The first kappa shape index (κ1) is 19.0. The normalized spacial score (nSPS) is 9.83. The van der Waals surface area contributed by atoms with Crippen molar-refractivity contribution in [3.8, 4) is 0 Å². The molecule has 3 N–H and O–H groups in total. The van der Waals surface area contributed by atoms with Crippen molar-refractivity contribution in [2.24, 2.45) is 5.73 Å². The van der Waals surface area contributed by atoms with Crippen LogP contribution in [0.25, 0.3) is 0 Å². The van der Waals surface area contributed by atoms with Gasteiger partial charge in [-0.3, -0.25) is 14.9 Å². The van der Waals surface area contributed by atoms with Crippen molar-refractivity contribution in [2.75, 3.05) is 11.9 Å². The van der Waals surface area contributed by atoms with E-state index in [0.29, 0.717) is 28.9 Å². The number of carbonyl (C=O) groups is 2. The Bertz CT molecular complexity index is 660. The number of esters is 1. The quantitative estimate of drug-likeness (QED) is 0.764. The van der Waals surface area contributed by atoms with Gasteiger partial charge in [0.1, 0.15) is 5.01 Å². The van der Waals surface area contributed by atoms with Crippen molar-refractivity contribution in [3.63, 3.8) is 0 Å². The number of carbonyl (C=O) groups excluding carboxylic acids is 2. The molecule has 0 radical (unpaired) electrons. The number of hydrogen-bond acceptors (Lipinski definition) is 7. The maximum Gasteiger partial charge on any atom is 0.312 e. The van der Waals surface area contributed by atoms with E-state index in [0.717, 1.165) is 16.9 Å². The monoisotopic (exact) mass is 356 g/mol. The van der Waals surface area contributed by atoms with Gasteiger partial charge in [0.25, 0.3) is 5.91 Å². The van der Waals surface area contributed by atoms with E-state index >= 15 is 0 Å². The van der Waals surface area contributed by atoms with Crippen LogP contribution < -0.4 is 11.1 Å². The molecule has 1 heterocycles. The second kappa shape index (κ2) is 9.19. The smallest absolute Gasteiger partial charge is 0.312 e. The number of nitrogens with zero attached hydrogens (tertiary/aromatic N) is 2. The number of nitrogens with one attached hydrogen (secondary N) is 1. The van der Waals surface area contributed by atoms with E-state index in [4.69, 9.17) is 10.5 Å². The van der Waals surface area contributed by atoms with Gasteiger partial charge in [0.05, 0.1) is 13.0 Å². The average Bonchev–Trinajstić information content (AvgIpc) is 2.94. The Kier molecular flexibility index (Phi) is 7.60. The van der Waals surface area contributed by atoms with Gasteiger partial charge in [0, 0.05) is 12.1 Å². The van der Waals surface area contributed by atoms with Gasteiger partial charge in [-0.2, -0.15) is 0 Å². The summed E-state index contributed by atoms with van der Waals surface area (Å²) in [7, 11) is 0. The third-order valence-corrected chi connectivity index (χ3v) is 3.58. The molecule has 1 aromatic carbocycles. The minimum atomic E-state index is -0.367. The number of halogens is 1. The lowest BCUT2D eigenvalue weighted by molar-refractivity contribution is -0.142. The van der Waals surface area contributed by atoms with Gasteiger partial charge >= 0.3 is 5.97 Å². The van der Waals surface area contributed by atoms with Crippen molar-refractivity contribution >= 4 is 40.8 Å². The molecular formula is C14H17ClN4O3S. The van der Waals surface area contributed by atoms with Crippen LogP contribution in [0.4, 0.5) is 5.13 Å². The molecule has 0 saturated heterocycles. The van der Waals surface area contributed by atoms with Crippen LogP contribution in [0, 0.1) is 0 Å². The Hall–Kier alpha value is -2.03. The Morgan fingerprint density at radius 3 is 2.57 bits per heavy atom. The standard InChI is InChI=1S/C14H16N4O3S.ClH/c1-2-21-12(19)7-11-17-18-14(22-11)16-13(20)10-5-3-9(8-15)4-6-10;/h3-6H,2,7-8,15H2,1H3,(H,16,18,20);1H. The number of benzene rings is 1. The first-order valence-corrected chi connectivity index (χ1v) is 7.52. The van der Waals surface area contributed by atoms with Crippen molar-refractivity contribution in [2.45, 2.75) is 19.9 Å². The highest BCUT2D eigenvalue weighted by Gasteiger charge is 2.13. The van der Waals surface area contributed by atoms with Crippen molar-refractivity contribution in [3.05, 3.63) is 40.4 Å². The highest BCUT2D eigenvalue weighted by Crippen LogP contribution is 2.17. The lowest BCUT2D eigenvalue weighted by Gasteiger charge is -2.02. The van der Waals surface area contributed by atoms with Crippen LogP contribution in [0.15, 0.2) is 24.3 Å². The van der Waals surface area contributed by atoms with Crippen LogP contribution in [-0.2, 0) is 22.5 Å². The van der Waals surface area contributed by atoms with E-state index in [9.17, 15) is 9.59 Å². The van der Waals surface area contributed by atoms with E-state index in [2.05, 4.69) is 15.5 Å². The predicted octanol–water partition coefficient (Wildman–Crippen LogP) is 1.78. The van der Waals surface area contributed by atoms with E-state index in [1.165, 1.54) is 0 Å². The Morgan fingerprint density at radius 1 is 1.26 bits per heavy atom. The lowest BCUT2D eigenvalue weighted by atomic mass is 10.1. The summed E-state index contributed by atoms with van der Waals surface area (Å²) >= 11 is 1.14. The summed E-state index contributed by atoms with van der Waals surface area (Å²) < 4.78 is 4.83. The van der Waals surface area contributed by atoms with Gasteiger partial charge in [-0.1, -0.05) is 23.5 Å². The van der Waals surface area contributed by atoms with Crippen LogP contribution in [0.3, 0.4) is 0 Å². The maximum atomic E-state index is 12.1. The predicted molar refractivity (Wildman–Crippen MR) is 89.8 cm³/mol. The third kappa shape index (κ3) is 5.59. The summed E-state index contributed by atoms with van der Waals surface area (Å²) in [5, 5.41) is 11.2. The van der Waals surface area contributed by atoms with Crippen molar-refractivity contribution in [1.29, 1.82) is 0 Å². The molecule has 9 heteroatoms. The largest absolute Gasteiger partial charge is 0.466 e. The van der Waals surface area contributed by atoms with Crippen molar-refractivity contribution in [1.82, 2.24) is 10.2 Å². The topological polar surface area (TPSA) is 107 Å². The highest BCUT2D eigenvalue weighted by atomic mass is 35.5. The fraction of sp³-hybridized carbons (Fsp3) is 0.286. The lowest BCUT2D eigenvalue weighted by Crippen LogP contribution is -2.11. The third-order valence-electron chi connectivity index (χ3n) is 2.74. The van der Waals surface area contributed by atoms with Gasteiger partial charge in [-0.15, -0.1) is 22.6 Å². The molecule has 1 aromatic heterocycles. The highest BCUT2D eigenvalue weighted by molar-refractivity contribution is 7.15. The Labute approximate surface area is 143 Å². The maximum absolute atomic E-state index is 12.1. The summed E-state index contributed by atoms with van der Waals surface area (Å²) in [5.41, 5.74) is 6.96. The molecule has 0 unspecified atom stereocenters. The van der Waals surface area contributed by atoms with E-state index in [1.54, 1.807) is 31.2 Å². The summed E-state index contributed by atoms with van der Waals surface area (Å²) in [5.74, 6) is -0.656. The molecule has 7 nitrogen and oxygen atoms in total. The zero-order chi connectivity index (χ0) is 15.9. The molecule has 23 heavy (non-hydrogen) atoms. The number of hydrogen-bond donors (Lipinski definition) is 2. The summed E-state index contributed by atoms with van der Waals surface area (Å²) in [6, 6.07) is 6.97. The molecule has 1 amide bonds. The van der Waals surface area contributed by atoms with Gasteiger partial charge in [-0.05, 0) is 24.6 Å². The number of aromatic nitrogens is 2. The molecule has 124 valence electrons. The molecule has 0 saturated carbocycles. The van der Waals surface area contributed by atoms with Gasteiger partial charge in [-0.25, -0.2) is 0 Å². The molecule has 0 aliphatic carbocycles. The number of ether oxygens (including phenoxy) is 1. The van der Waals surface area contributed by atoms with Crippen molar-refractivity contribution < 1.29 is 14.3 Å². The average molecular weight is 357 g/mol. The zero-order valence-electron chi connectivity index (χ0n) is 12.4. The second-order valence-corrected chi connectivity index (χ2v) is 5.40. The fourth-order valence-electron chi connectivity index (χ4n) is 1.67. The summed E-state index contributed by atoms with van der Waals surface area (Å²) in [4.78, 5) is 23.4. The molecule has 0 atom stereocenters. The van der Waals surface area contributed by atoms with E-state index < -0.39 is 0 Å². The molecule has 2 aromatic rings. The Balaban J connectivity index is 0.00000264. The SMILES string of the molecule is CCOC(=O)Cc1nnc(NC(=O)c2ccc(CN)cc2)s1.Cl. The number of amides is 1. The fourth-order valence-corrected chi connectivity index (χ4v) is 2.39. The Morgan fingerprint density at radius 2 is 1.96 bits per heavy atom. The van der Waals surface area contributed by atoms with Crippen LogP contribution in [-0.4, -0.2) is 28.7 Å². The molecule has 0 fully saturated rings. The number of anilines is 1. The second-order valence-electron chi connectivity index (χ2n) is 4.34. The van der Waals surface area contributed by atoms with E-state index in [-0.39, 0.29) is 30.7 Å². The summed E-state index contributed by atoms with van der Waals surface area (Å²) in [6.45, 7) is 2.48. The number of nitrogens with two attached hydrogens (primary N) is 1. The van der Waals surface area contributed by atoms with Crippen LogP contribution in [0.1, 0.15) is 27.9 Å². The molecule has 2 rings (SSSR count). The van der Waals surface area contributed by atoms with Crippen LogP contribution in [0.2, 0.25) is 0 Å². The van der Waals surface area contributed by atoms with Crippen LogP contribution >= 0.6 is 23.7 Å². The molecule has 0 bridgehead atoms. The minimum absolute atomic E-state index is 0. The first-order valence-electron chi connectivity index (χ1n) is 6.70. The molecular weight excluding hydrogens is 340 g/mol. The van der Waals surface area contributed by atoms with Gasteiger partial charge < -0.3 is 10.5 Å². The first-order chi connectivity index (χ1) is 10.6. The zero-order valence-corrected chi connectivity index (χ0v) is 14.1. The van der Waals surface area contributed by atoms with E-state index in [1.807, 2.05) is 0 Å². The van der Waals surface area contributed by atoms with Gasteiger partial charge in [0.15, 0.2) is 0 Å². The summed E-state index contributed by atoms with van der Waals surface area (Å²) in [6.07, 6.45) is 0.0482. The van der Waals surface area contributed by atoms with Crippen LogP contribution in [0.5, 0.6) is 0 Å². The van der Waals surface area contributed by atoms with Gasteiger partial charge in [0.2, 0.25) is 5.13 Å².